The zero-order valence-electron chi connectivity index (χ0n) is 11.4. The average molecular weight is 264 g/mol. The van der Waals surface area contributed by atoms with Gasteiger partial charge in [-0.15, -0.1) is 0 Å². The van der Waals surface area contributed by atoms with E-state index in [1.54, 1.807) is 6.92 Å². The van der Waals surface area contributed by atoms with Crippen molar-refractivity contribution < 1.29 is 8.78 Å². The monoisotopic (exact) mass is 264 g/mol. The minimum absolute atomic E-state index is 0.0998. The van der Waals surface area contributed by atoms with E-state index in [0.29, 0.717) is 18.7 Å². The molecule has 2 rings (SSSR count). The molecule has 2 nitrogen and oxygen atoms in total. The first-order valence-electron chi connectivity index (χ1n) is 6.28. The second kappa shape index (κ2) is 4.85. The van der Waals surface area contributed by atoms with Gasteiger partial charge in [0.15, 0.2) is 0 Å². The molecule has 0 aliphatic carbocycles. The van der Waals surface area contributed by atoms with E-state index >= 15 is 0 Å². The zero-order valence-corrected chi connectivity index (χ0v) is 11.4. The van der Waals surface area contributed by atoms with Gasteiger partial charge >= 0.3 is 0 Å². The maximum Gasteiger partial charge on any atom is 0.149 e. The van der Waals surface area contributed by atoms with Gasteiger partial charge in [0, 0.05) is 11.1 Å². The topological polar surface area (TPSA) is 38.9 Å². The fourth-order valence-electron chi connectivity index (χ4n) is 2.22. The zero-order chi connectivity index (χ0) is 14.2. The van der Waals surface area contributed by atoms with Crippen LogP contribution in [0.25, 0.3) is 10.9 Å². The normalized spacial score (nSPS) is 12.1. The van der Waals surface area contributed by atoms with Gasteiger partial charge in [-0.05, 0) is 49.1 Å². The van der Waals surface area contributed by atoms with Crippen molar-refractivity contribution in [2.45, 2.75) is 27.2 Å². The molecule has 0 spiro atoms. The van der Waals surface area contributed by atoms with Crippen LogP contribution in [0.1, 0.15) is 25.1 Å². The van der Waals surface area contributed by atoms with Gasteiger partial charge in [-0.25, -0.2) is 13.8 Å². The molecule has 0 saturated heterocycles. The minimum atomic E-state index is -0.494. The first kappa shape index (κ1) is 13.9. The average Bonchev–Trinajstić information content (AvgIpc) is 2.33. The Bertz CT molecular complexity index is 621. The van der Waals surface area contributed by atoms with Gasteiger partial charge in [0.1, 0.15) is 17.2 Å². The fraction of sp³-hybridized carbons (Fsp3) is 0.400. The Morgan fingerprint density at radius 3 is 2.47 bits per heavy atom. The summed E-state index contributed by atoms with van der Waals surface area (Å²) in [5, 5.41) is 0.270. The molecule has 0 atom stereocenters. The van der Waals surface area contributed by atoms with Gasteiger partial charge in [-0.1, -0.05) is 13.8 Å². The number of nitrogens with zero attached hydrogens (tertiary/aromatic N) is 1. The number of benzene rings is 1. The molecular weight excluding hydrogens is 246 g/mol. The van der Waals surface area contributed by atoms with E-state index in [1.165, 1.54) is 0 Å². The van der Waals surface area contributed by atoms with E-state index in [-0.39, 0.29) is 16.3 Å². The lowest BCUT2D eigenvalue weighted by molar-refractivity contribution is 0.377. The van der Waals surface area contributed by atoms with E-state index < -0.39 is 11.6 Å². The molecule has 0 fully saturated rings. The molecule has 0 aliphatic rings. The largest absolute Gasteiger partial charge is 0.330 e. The van der Waals surface area contributed by atoms with E-state index in [2.05, 4.69) is 4.98 Å². The lowest BCUT2D eigenvalue weighted by Gasteiger charge is -2.23. The van der Waals surface area contributed by atoms with E-state index in [0.717, 1.165) is 17.7 Å². The van der Waals surface area contributed by atoms with Crippen LogP contribution in [0.15, 0.2) is 18.2 Å². The predicted octanol–water partition coefficient (Wildman–Crippen LogP) is 3.35. The summed E-state index contributed by atoms with van der Waals surface area (Å²) in [5.41, 5.74) is 7.09. The van der Waals surface area contributed by atoms with Crippen LogP contribution in [-0.4, -0.2) is 11.5 Å². The number of rotatable bonds is 3. The first-order chi connectivity index (χ1) is 8.84. The van der Waals surface area contributed by atoms with Crippen LogP contribution >= 0.6 is 0 Å². The molecule has 1 aromatic carbocycles. The molecule has 0 unspecified atom stereocenters. The van der Waals surface area contributed by atoms with Gasteiger partial charge in [0.05, 0.1) is 0 Å². The molecule has 19 heavy (non-hydrogen) atoms. The predicted molar refractivity (Wildman–Crippen MR) is 72.9 cm³/mol. The summed E-state index contributed by atoms with van der Waals surface area (Å²) in [4.78, 5) is 4.11. The molecule has 102 valence electrons. The Morgan fingerprint density at radius 2 is 1.84 bits per heavy atom. The minimum Gasteiger partial charge on any atom is -0.330 e. The third kappa shape index (κ3) is 2.73. The van der Waals surface area contributed by atoms with E-state index in [9.17, 15) is 8.78 Å². The highest BCUT2D eigenvalue weighted by atomic mass is 19.1. The third-order valence-electron chi connectivity index (χ3n) is 3.29. The Hall–Kier alpha value is -1.55. The van der Waals surface area contributed by atoms with Crippen molar-refractivity contribution in [1.82, 2.24) is 4.98 Å². The van der Waals surface area contributed by atoms with Crippen molar-refractivity contribution in [3.8, 4) is 0 Å². The summed E-state index contributed by atoms with van der Waals surface area (Å²) < 4.78 is 27.8. The van der Waals surface area contributed by atoms with Gasteiger partial charge in [-0.3, -0.25) is 0 Å². The van der Waals surface area contributed by atoms with Crippen molar-refractivity contribution >= 4 is 10.9 Å². The SMILES string of the molecule is Cc1cc(CC(C)(C)CN)c2c(F)ccc(F)c2n1. The Labute approximate surface area is 111 Å². The molecule has 1 heterocycles. The summed E-state index contributed by atoms with van der Waals surface area (Å²) in [6, 6.07) is 4.07. The number of halogens is 2. The van der Waals surface area contributed by atoms with Gasteiger partial charge in [0.25, 0.3) is 0 Å². The van der Waals surface area contributed by atoms with Crippen molar-refractivity contribution in [2.75, 3.05) is 6.54 Å². The summed E-state index contributed by atoms with van der Waals surface area (Å²) in [6.07, 6.45) is 0.587. The van der Waals surface area contributed by atoms with Crippen molar-refractivity contribution in [1.29, 1.82) is 0 Å². The number of hydrogen-bond donors (Lipinski definition) is 1. The lowest BCUT2D eigenvalue weighted by atomic mass is 9.84. The fourth-order valence-corrected chi connectivity index (χ4v) is 2.22. The quantitative estimate of drug-likeness (QED) is 0.923. The van der Waals surface area contributed by atoms with Crippen LogP contribution in [0.4, 0.5) is 8.78 Å². The Morgan fingerprint density at radius 1 is 1.21 bits per heavy atom. The van der Waals surface area contributed by atoms with E-state index in [1.807, 2.05) is 19.9 Å². The maximum atomic E-state index is 14.0. The number of aromatic nitrogens is 1. The van der Waals surface area contributed by atoms with Gasteiger partial charge < -0.3 is 5.73 Å². The Balaban J connectivity index is 2.70. The highest BCUT2D eigenvalue weighted by Gasteiger charge is 2.20. The highest BCUT2D eigenvalue weighted by Crippen LogP contribution is 2.29. The Kier molecular flexibility index (Phi) is 3.54. The highest BCUT2D eigenvalue weighted by molar-refractivity contribution is 5.83. The number of aryl methyl sites for hydroxylation is 1. The molecule has 0 bridgehead atoms. The van der Waals surface area contributed by atoms with Crippen molar-refractivity contribution in [3.63, 3.8) is 0 Å². The van der Waals surface area contributed by atoms with E-state index in [4.69, 9.17) is 5.73 Å². The summed E-state index contributed by atoms with van der Waals surface area (Å²) >= 11 is 0. The maximum absolute atomic E-state index is 14.0. The third-order valence-corrected chi connectivity index (χ3v) is 3.29. The molecule has 4 heteroatoms. The molecule has 0 amide bonds. The summed E-state index contributed by atoms with van der Waals surface area (Å²) in [7, 11) is 0. The first-order valence-corrected chi connectivity index (χ1v) is 6.28. The van der Waals surface area contributed by atoms with Crippen LogP contribution in [0.3, 0.4) is 0 Å². The smallest absolute Gasteiger partial charge is 0.149 e. The summed E-state index contributed by atoms with van der Waals surface area (Å²) in [5.74, 6) is -0.932. The molecule has 2 aromatic rings. The molecular formula is C15H18F2N2. The van der Waals surface area contributed by atoms with Crippen LogP contribution < -0.4 is 5.73 Å². The molecule has 0 aliphatic heterocycles. The van der Waals surface area contributed by atoms with Crippen LogP contribution in [0.2, 0.25) is 0 Å². The van der Waals surface area contributed by atoms with Crippen molar-refractivity contribution in [2.24, 2.45) is 11.1 Å². The van der Waals surface area contributed by atoms with Gasteiger partial charge in [0.2, 0.25) is 0 Å². The van der Waals surface area contributed by atoms with Gasteiger partial charge in [-0.2, -0.15) is 0 Å². The number of nitrogens with two attached hydrogens (primary N) is 1. The molecule has 2 N–H and O–H groups in total. The summed E-state index contributed by atoms with van der Waals surface area (Å²) in [6.45, 7) is 6.27. The lowest BCUT2D eigenvalue weighted by Crippen LogP contribution is -2.26. The second-order valence-electron chi connectivity index (χ2n) is 5.72. The number of pyridine rings is 1. The molecule has 0 radical (unpaired) electrons. The molecule has 1 aromatic heterocycles. The standard InChI is InChI=1S/C15H18F2N2/c1-9-6-10(7-15(2,3)8-18)13-11(16)4-5-12(17)14(13)19-9/h4-6H,7-8,18H2,1-3H3. The molecule has 0 saturated carbocycles. The number of hydrogen-bond acceptors (Lipinski definition) is 2. The van der Waals surface area contributed by atoms with Crippen molar-refractivity contribution in [3.05, 3.63) is 41.1 Å². The van der Waals surface area contributed by atoms with Crippen LogP contribution in [0.5, 0.6) is 0 Å². The second-order valence-corrected chi connectivity index (χ2v) is 5.72. The van der Waals surface area contributed by atoms with Crippen LogP contribution in [-0.2, 0) is 6.42 Å². The van der Waals surface area contributed by atoms with Crippen LogP contribution in [0, 0.1) is 24.0 Å². The number of fused-ring (bicyclic) bond motifs is 1.